The molecular weight excluding hydrogens is 256 g/mol. The van der Waals surface area contributed by atoms with Gasteiger partial charge in [-0.3, -0.25) is 4.90 Å². The van der Waals surface area contributed by atoms with E-state index in [0.29, 0.717) is 13.2 Å². The van der Waals surface area contributed by atoms with Crippen LogP contribution in [0.2, 0.25) is 0 Å². The van der Waals surface area contributed by atoms with Gasteiger partial charge in [0.1, 0.15) is 0 Å². The molecule has 0 radical (unpaired) electrons. The second-order valence-corrected chi connectivity index (χ2v) is 4.68. The Labute approximate surface area is 120 Å². The number of rotatable bonds is 7. The third-order valence-corrected chi connectivity index (χ3v) is 3.32. The molecule has 0 saturated carbocycles. The Balaban J connectivity index is 1.79. The minimum absolute atomic E-state index is 0.121. The topological polar surface area (TPSA) is 50.7 Å². The van der Waals surface area contributed by atoms with Crippen LogP contribution >= 0.6 is 0 Å². The van der Waals surface area contributed by atoms with Crippen molar-refractivity contribution >= 4 is 5.95 Å². The van der Waals surface area contributed by atoms with E-state index in [1.807, 2.05) is 19.9 Å². The minimum Gasteiger partial charge on any atom is -0.352 e. The van der Waals surface area contributed by atoms with Crippen molar-refractivity contribution in [2.45, 2.75) is 20.1 Å². The highest BCUT2D eigenvalue weighted by molar-refractivity contribution is 5.29. The Morgan fingerprint density at radius 2 is 1.65 bits per heavy atom. The van der Waals surface area contributed by atoms with Crippen LogP contribution in [0.1, 0.15) is 13.8 Å². The van der Waals surface area contributed by atoms with Crippen LogP contribution < -0.4 is 4.90 Å². The number of piperazine rings is 1. The number of ether oxygens (including phenoxy) is 2. The summed E-state index contributed by atoms with van der Waals surface area (Å²) in [6.07, 6.45) is 3.45. The molecule has 6 nitrogen and oxygen atoms in total. The molecule has 1 aliphatic heterocycles. The average Bonchev–Trinajstić information content (AvgIpc) is 2.49. The van der Waals surface area contributed by atoms with Crippen molar-refractivity contribution in [3.8, 4) is 0 Å². The fourth-order valence-corrected chi connectivity index (χ4v) is 2.32. The van der Waals surface area contributed by atoms with Gasteiger partial charge in [0.05, 0.1) is 0 Å². The van der Waals surface area contributed by atoms with Gasteiger partial charge >= 0.3 is 0 Å². The van der Waals surface area contributed by atoms with E-state index in [1.54, 1.807) is 12.4 Å². The standard InChI is InChI=1S/C14H24N4O2/c1-3-19-13(20-4-2)12-17-8-10-18(11-9-17)14-15-6-5-7-16-14/h5-7,13H,3-4,8-12H2,1-2H3. The summed E-state index contributed by atoms with van der Waals surface area (Å²) in [7, 11) is 0. The molecule has 1 saturated heterocycles. The highest BCUT2D eigenvalue weighted by Gasteiger charge is 2.21. The highest BCUT2D eigenvalue weighted by Crippen LogP contribution is 2.10. The third kappa shape index (κ3) is 4.40. The number of nitrogens with zero attached hydrogens (tertiary/aromatic N) is 4. The quantitative estimate of drug-likeness (QED) is 0.695. The van der Waals surface area contributed by atoms with Crippen LogP contribution in [-0.2, 0) is 9.47 Å². The van der Waals surface area contributed by atoms with Gasteiger partial charge < -0.3 is 14.4 Å². The van der Waals surface area contributed by atoms with E-state index in [0.717, 1.165) is 38.7 Å². The van der Waals surface area contributed by atoms with E-state index in [1.165, 1.54) is 0 Å². The van der Waals surface area contributed by atoms with Crippen molar-refractivity contribution in [1.29, 1.82) is 0 Å². The molecule has 20 heavy (non-hydrogen) atoms. The summed E-state index contributed by atoms with van der Waals surface area (Å²) in [5.41, 5.74) is 0. The molecule has 2 rings (SSSR count). The average molecular weight is 280 g/mol. The van der Waals surface area contributed by atoms with Gasteiger partial charge in [-0.05, 0) is 19.9 Å². The largest absolute Gasteiger partial charge is 0.352 e. The number of hydrogen-bond donors (Lipinski definition) is 0. The molecule has 0 bridgehead atoms. The molecule has 6 heteroatoms. The molecule has 1 fully saturated rings. The summed E-state index contributed by atoms with van der Waals surface area (Å²) >= 11 is 0. The zero-order valence-corrected chi connectivity index (χ0v) is 12.4. The second-order valence-electron chi connectivity index (χ2n) is 4.68. The summed E-state index contributed by atoms with van der Waals surface area (Å²) in [6.45, 7) is 10.0. The lowest BCUT2D eigenvalue weighted by Gasteiger charge is -2.36. The summed E-state index contributed by atoms with van der Waals surface area (Å²) in [4.78, 5) is 13.2. The lowest BCUT2D eigenvalue weighted by Crippen LogP contribution is -2.49. The van der Waals surface area contributed by atoms with Gasteiger partial charge in [0.15, 0.2) is 6.29 Å². The summed E-state index contributed by atoms with van der Waals surface area (Å²) < 4.78 is 11.2. The van der Waals surface area contributed by atoms with Crippen molar-refractivity contribution in [1.82, 2.24) is 14.9 Å². The molecule has 0 atom stereocenters. The van der Waals surface area contributed by atoms with Crippen LogP contribution in [0.5, 0.6) is 0 Å². The van der Waals surface area contributed by atoms with Gasteiger partial charge in [-0.25, -0.2) is 9.97 Å². The fourth-order valence-electron chi connectivity index (χ4n) is 2.32. The molecule has 112 valence electrons. The smallest absolute Gasteiger partial charge is 0.225 e. The lowest BCUT2D eigenvalue weighted by molar-refractivity contribution is -0.147. The van der Waals surface area contributed by atoms with E-state index in [9.17, 15) is 0 Å². The van der Waals surface area contributed by atoms with Crippen LogP contribution in [0.3, 0.4) is 0 Å². The molecule has 2 heterocycles. The summed E-state index contributed by atoms with van der Waals surface area (Å²) in [6, 6.07) is 1.84. The van der Waals surface area contributed by atoms with Crippen molar-refractivity contribution in [3.05, 3.63) is 18.5 Å². The van der Waals surface area contributed by atoms with Gasteiger partial charge in [0, 0.05) is 58.3 Å². The minimum atomic E-state index is -0.121. The van der Waals surface area contributed by atoms with E-state index in [4.69, 9.17) is 9.47 Å². The molecule has 0 amide bonds. The molecule has 0 spiro atoms. The van der Waals surface area contributed by atoms with Gasteiger partial charge in [-0.15, -0.1) is 0 Å². The molecule has 1 aliphatic rings. The van der Waals surface area contributed by atoms with Crippen LogP contribution in [0.25, 0.3) is 0 Å². The summed E-state index contributed by atoms with van der Waals surface area (Å²) in [5.74, 6) is 0.818. The molecule has 0 N–H and O–H groups in total. The Morgan fingerprint density at radius 1 is 1.05 bits per heavy atom. The van der Waals surface area contributed by atoms with Crippen LogP contribution in [0, 0.1) is 0 Å². The number of hydrogen-bond acceptors (Lipinski definition) is 6. The SMILES string of the molecule is CCOC(CN1CCN(c2ncccn2)CC1)OCC. The van der Waals surface area contributed by atoms with Crippen molar-refractivity contribution < 1.29 is 9.47 Å². The van der Waals surface area contributed by atoms with Gasteiger partial charge in [-0.2, -0.15) is 0 Å². The zero-order chi connectivity index (χ0) is 14.2. The van der Waals surface area contributed by atoms with Crippen LogP contribution in [-0.4, -0.2) is 67.1 Å². The molecule has 0 unspecified atom stereocenters. The molecule has 1 aromatic rings. The van der Waals surface area contributed by atoms with Gasteiger partial charge in [-0.1, -0.05) is 0 Å². The first-order chi connectivity index (χ1) is 9.83. The lowest BCUT2D eigenvalue weighted by atomic mass is 10.3. The Kier molecular flexibility index (Phi) is 6.17. The normalized spacial score (nSPS) is 16.9. The van der Waals surface area contributed by atoms with Crippen molar-refractivity contribution in [2.75, 3.05) is 50.8 Å². The monoisotopic (exact) mass is 280 g/mol. The predicted molar refractivity (Wildman–Crippen MR) is 77.7 cm³/mol. The van der Waals surface area contributed by atoms with E-state index < -0.39 is 0 Å². The Morgan fingerprint density at radius 3 is 2.20 bits per heavy atom. The first kappa shape index (κ1) is 15.2. The predicted octanol–water partition coefficient (Wildman–Crippen LogP) is 0.998. The van der Waals surface area contributed by atoms with Crippen molar-refractivity contribution in [2.24, 2.45) is 0 Å². The van der Waals surface area contributed by atoms with Crippen LogP contribution in [0.15, 0.2) is 18.5 Å². The molecule has 0 aliphatic carbocycles. The molecular formula is C14H24N4O2. The maximum absolute atomic E-state index is 5.59. The van der Waals surface area contributed by atoms with Gasteiger partial charge in [0.25, 0.3) is 0 Å². The fraction of sp³-hybridized carbons (Fsp3) is 0.714. The Hall–Kier alpha value is -1.24. The van der Waals surface area contributed by atoms with Crippen LogP contribution in [0.4, 0.5) is 5.95 Å². The van der Waals surface area contributed by atoms with E-state index >= 15 is 0 Å². The van der Waals surface area contributed by atoms with Crippen molar-refractivity contribution in [3.63, 3.8) is 0 Å². The zero-order valence-electron chi connectivity index (χ0n) is 12.4. The van der Waals surface area contributed by atoms with E-state index in [-0.39, 0.29) is 6.29 Å². The highest BCUT2D eigenvalue weighted by atomic mass is 16.7. The maximum atomic E-state index is 5.59. The van der Waals surface area contributed by atoms with Gasteiger partial charge in [0.2, 0.25) is 5.95 Å². The molecule has 0 aromatic carbocycles. The summed E-state index contributed by atoms with van der Waals surface area (Å²) in [5, 5.41) is 0. The maximum Gasteiger partial charge on any atom is 0.225 e. The first-order valence-electron chi connectivity index (χ1n) is 7.31. The molecule has 1 aromatic heterocycles. The van der Waals surface area contributed by atoms with E-state index in [2.05, 4.69) is 19.8 Å². The third-order valence-electron chi connectivity index (χ3n) is 3.32. The second kappa shape index (κ2) is 8.14. The number of anilines is 1. The first-order valence-corrected chi connectivity index (χ1v) is 7.31. The number of aromatic nitrogens is 2. The Bertz CT molecular complexity index is 363.